The number of likely N-dealkylation sites (tertiary alicyclic amines) is 1. The number of hydrogen-bond donors (Lipinski definition) is 1. The molecule has 0 spiro atoms. The molecule has 0 unspecified atom stereocenters. The van der Waals surface area contributed by atoms with Crippen molar-refractivity contribution in [3.63, 3.8) is 0 Å². The van der Waals surface area contributed by atoms with Crippen LogP contribution in [0.15, 0.2) is 59.7 Å². The monoisotopic (exact) mass is 351 g/mol. The maximum atomic E-state index is 13.2. The second-order valence-corrected chi connectivity index (χ2v) is 6.54. The molecular formula is C22H22FNO2. The number of amides is 1. The van der Waals surface area contributed by atoms with Crippen molar-refractivity contribution >= 4 is 5.91 Å². The molecule has 1 heterocycles. The lowest BCUT2D eigenvalue weighted by atomic mass is 10.0. The van der Waals surface area contributed by atoms with Gasteiger partial charge in [-0.1, -0.05) is 36.1 Å². The van der Waals surface area contributed by atoms with Crippen molar-refractivity contribution in [2.24, 2.45) is 0 Å². The van der Waals surface area contributed by atoms with Crippen molar-refractivity contribution in [2.45, 2.75) is 31.8 Å². The number of hydrogen-bond acceptors (Lipinski definition) is 2. The molecule has 1 fully saturated rings. The Labute approximate surface area is 153 Å². The largest absolute Gasteiger partial charge is 0.393 e. The molecule has 0 bridgehead atoms. The number of piperidine rings is 1. The summed E-state index contributed by atoms with van der Waals surface area (Å²) in [7, 11) is 0. The second kappa shape index (κ2) is 8.64. The Morgan fingerprint density at radius 3 is 2.77 bits per heavy atom. The van der Waals surface area contributed by atoms with Crippen molar-refractivity contribution in [2.75, 3.05) is 13.1 Å². The predicted molar refractivity (Wildman–Crippen MR) is 99.6 cm³/mol. The van der Waals surface area contributed by atoms with Crippen molar-refractivity contribution in [3.05, 3.63) is 71.1 Å². The maximum absolute atomic E-state index is 13.2. The Hall–Kier alpha value is -2.64. The van der Waals surface area contributed by atoms with E-state index < -0.39 is 0 Å². The van der Waals surface area contributed by atoms with Gasteiger partial charge in [0.15, 0.2) is 0 Å². The standard InChI is InChI=1S/C22H22FNO2/c23-20-7-3-5-18(16-20)9-8-17-4-1-2-6-19(11-10-17)22(26)24-14-12-21(25)13-15-24/h1,3-5,7,10-11,16,21,25H,2,6,12-15H2. The van der Waals surface area contributed by atoms with Crippen LogP contribution >= 0.6 is 0 Å². The first kappa shape index (κ1) is 18.2. The number of aliphatic hydroxyl groups is 1. The van der Waals surface area contributed by atoms with Crippen LogP contribution in [0.4, 0.5) is 4.39 Å². The number of nitrogens with zero attached hydrogens (tertiary/aromatic N) is 1. The number of rotatable bonds is 1. The molecule has 2 aliphatic rings. The molecule has 1 aliphatic carbocycles. The van der Waals surface area contributed by atoms with E-state index in [-0.39, 0.29) is 17.8 Å². The fourth-order valence-corrected chi connectivity index (χ4v) is 3.02. The summed E-state index contributed by atoms with van der Waals surface area (Å²) in [5.74, 6) is 5.72. The third-order valence-corrected chi connectivity index (χ3v) is 4.54. The summed E-state index contributed by atoms with van der Waals surface area (Å²) in [5, 5.41) is 9.60. The van der Waals surface area contributed by atoms with Gasteiger partial charge in [0.25, 0.3) is 0 Å². The molecule has 134 valence electrons. The minimum atomic E-state index is -0.307. The molecule has 1 aliphatic heterocycles. The van der Waals surface area contributed by atoms with E-state index in [1.807, 2.05) is 29.2 Å². The van der Waals surface area contributed by atoms with Crippen LogP contribution < -0.4 is 0 Å². The lowest BCUT2D eigenvalue weighted by Crippen LogP contribution is -2.40. The van der Waals surface area contributed by atoms with E-state index in [9.17, 15) is 14.3 Å². The lowest BCUT2D eigenvalue weighted by Gasteiger charge is -2.30. The Balaban J connectivity index is 1.75. The summed E-state index contributed by atoms with van der Waals surface area (Å²) in [6, 6.07) is 6.18. The van der Waals surface area contributed by atoms with Crippen LogP contribution in [0.3, 0.4) is 0 Å². The van der Waals surface area contributed by atoms with Gasteiger partial charge in [0.05, 0.1) is 6.10 Å². The number of carbonyl (C=O) groups excluding carboxylic acids is 1. The zero-order valence-electron chi connectivity index (χ0n) is 14.6. The van der Waals surface area contributed by atoms with Gasteiger partial charge in [-0.3, -0.25) is 4.79 Å². The number of allylic oxidation sites excluding steroid dienone is 5. The van der Waals surface area contributed by atoms with Gasteiger partial charge in [-0.2, -0.15) is 0 Å². The second-order valence-electron chi connectivity index (χ2n) is 6.54. The Morgan fingerprint density at radius 1 is 1.19 bits per heavy atom. The summed E-state index contributed by atoms with van der Waals surface area (Å²) in [5.41, 5.74) is 2.16. The number of halogens is 1. The Morgan fingerprint density at radius 2 is 2.00 bits per heavy atom. The first-order valence-electron chi connectivity index (χ1n) is 8.94. The molecule has 0 aromatic heterocycles. The van der Waals surface area contributed by atoms with Crippen LogP contribution in [0.25, 0.3) is 0 Å². The number of aliphatic hydroxyl groups excluding tert-OH is 1. The molecule has 1 amide bonds. The van der Waals surface area contributed by atoms with Crippen LogP contribution in [-0.2, 0) is 4.79 Å². The highest BCUT2D eigenvalue weighted by atomic mass is 19.1. The molecule has 3 nitrogen and oxygen atoms in total. The SMILES string of the molecule is O=C(C1=CC=C(C#Cc2cccc(F)c2)C=CCC1)N1CCC(O)CC1. The van der Waals surface area contributed by atoms with E-state index in [1.54, 1.807) is 12.1 Å². The minimum Gasteiger partial charge on any atom is -0.393 e. The smallest absolute Gasteiger partial charge is 0.249 e. The first-order valence-corrected chi connectivity index (χ1v) is 8.94. The van der Waals surface area contributed by atoms with Crippen molar-refractivity contribution in [1.82, 2.24) is 4.90 Å². The van der Waals surface area contributed by atoms with Gasteiger partial charge in [0, 0.05) is 29.8 Å². The molecule has 3 rings (SSSR count). The van der Waals surface area contributed by atoms with Gasteiger partial charge in [-0.05, 0) is 50.0 Å². The molecule has 1 aromatic carbocycles. The van der Waals surface area contributed by atoms with E-state index in [0.29, 0.717) is 37.9 Å². The normalized spacial score (nSPS) is 18.2. The average molecular weight is 351 g/mol. The summed E-state index contributed by atoms with van der Waals surface area (Å²) in [6.45, 7) is 1.20. The minimum absolute atomic E-state index is 0.0425. The Kier molecular flexibility index (Phi) is 6.04. The highest BCUT2D eigenvalue weighted by Gasteiger charge is 2.23. The van der Waals surface area contributed by atoms with E-state index in [4.69, 9.17) is 0 Å². The van der Waals surface area contributed by atoms with Gasteiger partial charge in [0.2, 0.25) is 5.91 Å². The van der Waals surface area contributed by atoms with Gasteiger partial charge in [0.1, 0.15) is 5.82 Å². The van der Waals surface area contributed by atoms with E-state index in [2.05, 4.69) is 11.8 Å². The third-order valence-electron chi connectivity index (χ3n) is 4.54. The quantitative estimate of drug-likeness (QED) is 0.788. The van der Waals surface area contributed by atoms with Crippen LogP contribution in [0.2, 0.25) is 0 Å². The fraction of sp³-hybridized carbons (Fsp3) is 0.318. The summed E-state index contributed by atoms with van der Waals surface area (Å²) in [4.78, 5) is 14.5. The van der Waals surface area contributed by atoms with Crippen molar-refractivity contribution < 1.29 is 14.3 Å². The highest BCUT2D eigenvalue weighted by Crippen LogP contribution is 2.18. The van der Waals surface area contributed by atoms with Crippen molar-refractivity contribution in [3.8, 4) is 11.8 Å². The lowest BCUT2D eigenvalue weighted by molar-refractivity contribution is -0.129. The maximum Gasteiger partial charge on any atom is 0.249 e. The molecule has 0 saturated carbocycles. The van der Waals surface area contributed by atoms with E-state index >= 15 is 0 Å². The third kappa shape index (κ3) is 4.93. The molecule has 4 heteroatoms. The Bertz CT molecular complexity index is 818. The van der Waals surface area contributed by atoms with Crippen LogP contribution in [0.5, 0.6) is 0 Å². The number of carbonyl (C=O) groups is 1. The topological polar surface area (TPSA) is 40.5 Å². The van der Waals surface area contributed by atoms with Crippen LogP contribution in [0.1, 0.15) is 31.2 Å². The summed E-state index contributed by atoms with van der Waals surface area (Å²) >= 11 is 0. The summed E-state index contributed by atoms with van der Waals surface area (Å²) in [6.07, 6.45) is 10.1. The molecule has 26 heavy (non-hydrogen) atoms. The van der Waals surface area contributed by atoms with E-state index in [1.165, 1.54) is 12.1 Å². The molecular weight excluding hydrogens is 329 g/mol. The van der Waals surface area contributed by atoms with Crippen LogP contribution in [-0.4, -0.2) is 35.1 Å². The summed E-state index contributed by atoms with van der Waals surface area (Å²) < 4.78 is 13.2. The zero-order chi connectivity index (χ0) is 18.4. The first-order chi connectivity index (χ1) is 12.6. The predicted octanol–water partition coefficient (Wildman–Crippen LogP) is 3.36. The van der Waals surface area contributed by atoms with Gasteiger partial charge >= 0.3 is 0 Å². The zero-order valence-corrected chi connectivity index (χ0v) is 14.6. The average Bonchev–Trinajstić information content (AvgIpc) is 2.61. The molecule has 0 atom stereocenters. The van der Waals surface area contributed by atoms with Gasteiger partial charge < -0.3 is 10.0 Å². The molecule has 1 saturated heterocycles. The number of benzene rings is 1. The van der Waals surface area contributed by atoms with Gasteiger partial charge in [-0.25, -0.2) is 4.39 Å². The molecule has 1 aromatic rings. The van der Waals surface area contributed by atoms with Crippen LogP contribution in [0, 0.1) is 17.7 Å². The van der Waals surface area contributed by atoms with Gasteiger partial charge in [-0.15, -0.1) is 0 Å². The van der Waals surface area contributed by atoms with Crippen molar-refractivity contribution in [1.29, 1.82) is 0 Å². The van der Waals surface area contributed by atoms with E-state index in [0.717, 1.165) is 17.6 Å². The molecule has 0 radical (unpaired) electrons. The highest BCUT2D eigenvalue weighted by molar-refractivity contribution is 5.94. The molecule has 1 N–H and O–H groups in total. The fourth-order valence-electron chi connectivity index (χ4n) is 3.02.